The molecule has 0 aliphatic carbocycles. The maximum absolute atomic E-state index is 12.6. The van der Waals surface area contributed by atoms with Gasteiger partial charge in [-0.25, -0.2) is 8.42 Å². The van der Waals surface area contributed by atoms with Crippen LogP contribution in [0.1, 0.15) is 17.5 Å². The molecule has 124 valence electrons. The molecule has 2 rings (SSSR count). The highest BCUT2D eigenvalue weighted by atomic mass is 32.2. The molecule has 1 aliphatic heterocycles. The molecular weight excluding hydrogens is 323 g/mol. The second-order valence-corrected chi connectivity index (χ2v) is 7.36. The molecule has 1 heterocycles. The molecule has 5 nitrogen and oxygen atoms in total. The number of aliphatic hydroxyl groups is 2. The molecule has 0 bridgehead atoms. The minimum absolute atomic E-state index is 0.000143. The Labute approximate surface area is 126 Å². The molecule has 0 radical (unpaired) electrons. The van der Waals surface area contributed by atoms with Gasteiger partial charge in [-0.2, -0.15) is 17.5 Å². The zero-order valence-electron chi connectivity index (χ0n) is 11.8. The van der Waals surface area contributed by atoms with Crippen LogP contribution in [0.2, 0.25) is 0 Å². The zero-order valence-corrected chi connectivity index (χ0v) is 12.6. The van der Waals surface area contributed by atoms with Crippen LogP contribution in [0.3, 0.4) is 0 Å². The van der Waals surface area contributed by atoms with Crippen molar-refractivity contribution in [1.29, 1.82) is 0 Å². The van der Waals surface area contributed by atoms with Gasteiger partial charge in [-0.05, 0) is 37.1 Å². The summed E-state index contributed by atoms with van der Waals surface area (Å²) < 4.78 is 63.8. The summed E-state index contributed by atoms with van der Waals surface area (Å²) in [6.07, 6.45) is -4.47. The Kier molecular flexibility index (Phi) is 4.29. The van der Waals surface area contributed by atoms with E-state index >= 15 is 0 Å². The van der Waals surface area contributed by atoms with Gasteiger partial charge in [-0.1, -0.05) is 0 Å². The van der Waals surface area contributed by atoms with Gasteiger partial charge in [-0.3, -0.25) is 0 Å². The first-order valence-electron chi connectivity index (χ1n) is 6.51. The van der Waals surface area contributed by atoms with Crippen molar-refractivity contribution < 1.29 is 31.8 Å². The van der Waals surface area contributed by atoms with Crippen molar-refractivity contribution in [2.75, 3.05) is 19.7 Å². The van der Waals surface area contributed by atoms with Crippen molar-refractivity contribution in [3.8, 4) is 0 Å². The predicted octanol–water partition coefficient (Wildman–Crippen LogP) is 1.13. The zero-order chi connectivity index (χ0) is 16.8. The molecule has 0 unspecified atom stereocenters. The number of hydrogen-bond donors (Lipinski definition) is 2. The molecule has 2 N–H and O–H groups in total. The smallest absolute Gasteiger partial charge is 0.393 e. The molecule has 0 saturated carbocycles. The van der Waals surface area contributed by atoms with Crippen LogP contribution >= 0.6 is 0 Å². The first-order valence-corrected chi connectivity index (χ1v) is 7.95. The van der Waals surface area contributed by atoms with E-state index in [0.29, 0.717) is 6.07 Å². The van der Waals surface area contributed by atoms with E-state index in [9.17, 15) is 26.7 Å². The maximum Gasteiger partial charge on any atom is 0.416 e. The number of benzene rings is 1. The molecule has 22 heavy (non-hydrogen) atoms. The summed E-state index contributed by atoms with van der Waals surface area (Å²) in [6, 6.07) is 2.42. The summed E-state index contributed by atoms with van der Waals surface area (Å²) in [5, 5.41) is 19.0. The molecule has 9 heteroatoms. The Hall–Kier alpha value is -1.16. The summed E-state index contributed by atoms with van der Waals surface area (Å²) in [4.78, 5) is -0.234. The van der Waals surface area contributed by atoms with E-state index in [1.165, 1.54) is 6.92 Å². The summed E-state index contributed by atoms with van der Waals surface area (Å²) in [6.45, 7) is 0.424. The van der Waals surface area contributed by atoms with Gasteiger partial charge in [0, 0.05) is 13.1 Å². The molecule has 0 amide bonds. The monoisotopic (exact) mass is 339 g/mol. The topological polar surface area (TPSA) is 77.8 Å². The summed E-state index contributed by atoms with van der Waals surface area (Å²) >= 11 is 0. The van der Waals surface area contributed by atoms with Crippen molar-refractivity contribution in [2.45, 2.75) is 30.0 Å². The molecule has 1 aliphatic rings. The number of sulfonamides is 1. The van der Waals surface area contributed by atoms with Crippen LogP contribution in [0.15, 0.2) is 23.1 Å². The molecule has 0 spiro atoms. The van der Waals surface area contributed by atoms with E-state index in [-0.39, 0.29) is 30.0 Å². The van der Waals surface area contributed by atoms with Gasteiger partial charge in [0.15, 0.2) is 0 Å². The fourth-order valence-corrected chi connectivity index (χ4v) is 4.13. The summed E-state index contributed by atoms with van der Waals surface area (Å²) in [5.74, 6) is 0. The molecule has 1 fully saturated rings. The van der Waals surface area contributed by atoms with Crippen LogP contribution in [-0.2, 0) is 16.2 Å². The number of nitrogens with zero attached hydrogens (tertiary/aromatic N) is 1. The van der Waals surface area contributed by atoms with E-state index < -0.39 is 34.0 Å². The van der Waals surface area contributed by atoms with Crippen LogP contribution < -0.4 is 0 Å². The molecule has 1 aromatic carbocycles. The average molecular weight is 339 g/mol. The maximum atomic E-state index is 12.6. The highest BCUT2D eigenvalue weighted by molar-refractivity contribution is 7.89. The predicted molar refractivity (Wildman–Crippen MR) is 71.6 cm³/mol. The lowest BCUT2D eigenvalue weighted by molar-refractivity contribution is -0.137. The Morgan fingerprint density at radius 1 is 1.36 bits per heavy atom. The van der Waals surface area contributed by atoms with E-state index in [1.54, 1.807) is 0 Å². The standard InChI is InChI=1S/C13H16F3NO4S/c1-9-6-10(13(14,15)16)2-3-11(9)22(20,21)17-5-4-12(19,7-17)8-18/h2-3,6,18-19H,4-5,7-8H2,1H3/t12-/m1/s1. The van der Waals surface area contributed by atoms with Crippen LogP contribution in [0.5, 0.6) is 0 Å². The number of β-amino-alcohol motifs (C(OH)–C–C–N with tert-alkyl or cyclic N) is 1. The first kappa shape index (κ1) is 17.2. The minimum Gasteiger partial charge on any atom is -0.393 e. The normalized spacial score (nSPS) is 23.9. The van der Waals surface area contributed by atoms with E-state index in [1.807, 2.05) is 0 Å². The average Bonchev–Trinajstić information content (AvgIpc) is 2.81. The van der Waals surface area contributed by atoms with Crippen molar-refractivity contribution >= 4 is 10.0 Å². The Balaban J connectivity index is 2.35. The van der Waals surface area contributed by atoms with Gasteiger partial charge >= 0.3 is 6.18 Å². The molecule has 0 aromatic heterocycles. The van der Waals surface area contributed by atoms with E-state index in [4.69, 9.17) is 5.11 Å². The SMILES string of the molecule is Cc1cc(C(F)(F)F)ccc1S(=O)(=O)N1CC[C@](O)(CO)C1. The molecular formula is C13H16F3NO4S. The quantitative estimate of drug-likeness (QED) is 0.865. The van der Waals surface area contributed by atoms with Crippen molar-refractivity contribution in [3.63, 3.8) is 0 Å². The molecule has 1 atom stereocenters. The number of halogens is 3. The Morgan fingerprint density at radius 2 is 2.00 bits per heavy atom. The minimum atomic E-state index is -4.54. The van der Waals surface area contributed by atoms with Gasteiger partial charge in [0.05, 0.1) is 17.1 Å². The summed E-state index contributed by atoms with van der Waals surface area (Å²) in [7, 11) is -4.02. The second-order valence-electron chi connectivity index (χ2n) is 5.45. The van der Waals surface area contributed by atoms with Crippen molar-refractivity contribution in [3.05, 3.63) is 29.3 Å². The fraction of sp³-hybridized carbons (Fsp3) is 0.538. The van der Waals surface area contributed by atoms with Crippen LogP contribution in [0.4, 0.5) is 13.2 Å². The van der Waals surface area contributed by atoms with Crippen LogP contribution in [0, 0.1) is 6.92 Å². The Morgan fingerprint density at radius 3 is 2.45 bits per heavy atom. The third-order valence-electron chi connectivity index (χ3n) is 3.71. The lowest BCUT2D eigenvalue weighted by Gasteiger charge is -2.21. The van der Waals surface area contributed by atoms with Crippen LogP contribution in [0.25, 0.3) is 0 Å². The number of hydrogen-bond acceptors (Lipinski definition) is 4. The van der Waals surface area contributed by atoms with Gasteiger partial charge in [0.2, 0.25) is 10.0 Å². The highest BCUT2D eigenvalue weighted by Crippen LogP contribution is 2.33. The molecule has 1 saturated heterocycles. The highest BCUT2D eigenvalue weighted by Gasteiger charge is 2.42. The third kappa shape index (κ3) is 3.12. The lowest BCUT2D eigenvalue weighted by atomic mass is 10.1. The van der Waals surface area contributed by atoms with Crippen LogP contribution in [-0.4, -0.2) is 48.2 Å². The van der Waals surface area contributed by atoms with Gasteiger partial charge in [0.1, 0.15) is 5.60 Å². The fourth-order valence-electron chi connectivity index (χ4n) is 2.41. The largest absolute Gasteiger partial charge is 0.416 e. The van der Waals surface area contributed by atoms with E-state index in [2.05, 4.69) is 0 Å². The van der Waals surface area contributed by atoms with Gasteiger partial charge in [-0.15, -0.1) is 0 Å². The molecule has 1 aromatic rings. The number of aryl methyl sites for hydroxylation is 1. The summed E-state index contributed by atoms with van der Waals surface area (Å²) in [5.41, 5.74) is -2.45. The Bertz CT molecular complexity index is 674. The van der Waals surface area contributed by atoms with Gasteiger partial charge < -0.3 is 10.2 Å². The number of aliphatic hydroxyl groups excluding tert-OH is 1. The number of alkyl halides is 3. The second kappa shape index (κ2) is 5.48. The van der Waals surface area contributed by atoms with Crippen molar-refractivity contribution in [2.24, 2.45) is 0 Å². The van der Waals surface area contributed by atoms with E-state index in [0.717, 1.165) is 16.4 Å². The van der Waals surface area contributed by atoms with Gasteiger partial charge in [0.25, 0.3) is 0 Å². The number of rotatable bonds is 3. The first-order chi connectivity index (χ1) is 9.99. The lowest BCUT2D eigenvalue weighted by Crippen LogP contribution is -2.38. The van der Waals surface area contributed by atoms with Crippen molar-refractivity contribution in [1.82, 2.24) is 4.31 Å². The third-order valence-corrected chi connectivity index (χ3v) is 5.72.